The highest BCUT2D eigenvalue weighted by atomic mass is 16.4. The van der Waals surface area contributed by atoms with Crippen LogP contribution in [0.4, 0.5) is 4.79 Å². The van der Waals surface area contributed by atoms with Crippen molar-refractivity contribution in [3.05, 3.63) is 0 Å². The van der Waals surface area contributed by atoms with Gasteiger partial charge in [-0.05, 0) is 31.1 Å². The van der Waals surface area contributed by atoms with E-state index >= 15 is 0 Å². The molecule has 19 heavy (non-hydrogen) atoms. The summed E-state index contributed by atoms with van der Waals surface area (Å²) in [6.45, 7) is 7.52. The Morgan fingerprint density at radius 3 is 2.42 bits per heavy atom. The summed E-state index contributed by atoms with van der Waals surface area (Å²) in [4.78, 5) is 24.5. The summed E-state index contributed by atoms with van der Waals surface area (Å²) in [5, 5.41) is 11.5. The third kappa shape index (κ3) is 6.45. The van der Waals surface area contributed by atoms with Crippen molar-refractivity contribution in [1.82, 2.24) is 10.2 Å². The molecule has 2 N–H and O–H groups in total. The van der Waals surface area contributed by atoms with Gasteiger partial charge in [-0.3, -0.25) is 4.79 Å². The third-order valence-electron chi connectivity index (χ3n) is 3.26. The van der Waals surface area contributed by atoms with Crippen LogP contribution in [0.5, 0.6) is 0 Å². The Balaban J connectivity index is 2.29. The van der Waals surface area contributed by atoms with Crippen molar-refractivity contribution in [1.29, 1.82) is 0 Å². The Kier molecular flexibility index (Phi) is 6.12. The number of carboxylic acids is 1. The smallest absolute Gasteiger partial charge is 0.317 e. The van der Waals surface area contributed by atoms with Crippen LogP contribution in [0.3, 0.4) is 0 Å². The molecule has 1 aliphatic rings. The largest absolute Gasteiger partial charge is 0.481 e. The number of rotatable bonds is 8. The van der Waals surface area contributed by atoms with E-state index in [-0.39, 0.29) is 18.4 Å². The summed E-state index contributed by atoms with van der Waals surface area (Å²) in [6.07, 6.45) is 2.97. The number of carbonyl (C=O) groups excluding carboxylic acids is 1. The molecule has 1 rings (SSSR count). The van der Waals surface area contributed by atoms with Crippen molar-refractivity contribution in [2.45, 2.75) is 52.5 Å². The minimum absolute atomic E-state index is 0.00150. The average molecular weight is 270 g/mol. The van der Waals surface area contributed by atoms with E-state index in [1.165, 1.54) is 0 Å². The summed E-state index contributed by atoms with van der Waals surface area (Å²) in [7, 11) is 0. The predicted molar refractivity (Wildman–Crippen MR) is 74.0 cm³/mol. The average Bonchev–Trinajstić information content (AvgIpc) is 3.14. The molecule has 0 radical (unpaired) electrons. The van der Waals surface area contributed by atoms with Crippen LogP contribution in [0, 0.1) is 11.8 Å². The maximum atomic E-state index is 12.1. The molecular formula is C14H26N2O3. The standard InChI is InChI=1S/C14H26N2O3/c1-10(2)9-16(12-5-6-12)14(19)15-8-11(3)4-7-13(17)18/h10-12H,4-9H2,1-3H3,(H,15,19)(H,17,18). The molecule has 0 aromatic carbocycles. The van der Waals surface area contributed by atoms with Crippen molar-refractivity contribution >= 4 is 12.0 Å². The number of amides is 2. The second kappa shape index (κ2) is 7.36. The number of carboxylic acid groups (broad SMARTS) is 1. The number of hydrogen-bond donors (Lipinski definition) is 2. The van der Waals surface area contributed by atoms with E-state index in [0.717, 1.165) is 19.4 Å². The Labute approximate surface area is 115 Å². The maximum Gasteiger partial charge on any atom is 0.317 e. The number of aliphatic carboxylic acids is 1. The Morgan fingerprint density at radius 2 is 1.95 bits per heavy atom. The van der Waals surface area contributed by atoms with E-state index in [9.17, 15) is 9.59 Å². The molecule has 0 aliphatic heterocycles. The molecule has 0 aromatic rings. The van der Waals surface area contributed by atoms with Gasteiger partial charge >= 0.3 is 12.0 Å². The van der Waals surface area contributed by atoms with Crippen LogP contribution in [0.2, 0.25) is 0 Å². The fourth-order valence-corrected chi connectivity index (χ4v) is 2.01. The highest BCUT2D eigenvalue weighted by molar-refractivity contribution is 5.75. The van der Waals surface area contributed by atoms with E-state index in [4.69, 9.17) is 5.11 Å². The maximum absolute atomic E-state index is 12.1. The summed E-state index contributed by atoms with van der Waals surface area (Å²) < 4.78 is 0. The Hall–Kier alpha value is -1.26. The zero-order valence-electron chi connectivity index (χ0n) is 12.2. The molecule has 0 bridgehead atoms. The van der Waals surface area contributed by atoms with Gasteiger partial charge in [-0.15, -0.1) is 0 Å². The van der Waals surface area contributed by atoms with Crippen molar-refractivity contribution in [3.63, 3.8) is 0 Å². The zero-order valence-corrected chi connectivity index (χ0v) is 12.2. The quantitative estimate of drug-likeness (QED) is 0.711. The van der Waals surface area contributed by atoms with Crippen LogP contribution >= 0.6 is 0 Å². The lowest BCUT2D eigenvalue weighted by molar-refractivity contribution is -0.137. The second-order valence-electron chi connectivity index (χ2n) is 6.00. The van der Waals surface area contributed by atoms with Gasteiger partial charge in [0.15, 0.2) is 0 Å². The zero-order chi connectivity index (χ0) is 14.4. The number of nitrogens with zero attached hydrogens (tertiary/aromatic N) is 1. The van der Waals surface area contributed by atoms with Crippen molar-refractivity contribution in [3.8, 4) is 0 Å². The first-order chi connectivity index (χ1) is 8.90. The summed E-state index contributed by atoms with van der Waals surface area (Å²) in [5.41, 5.74) is 0. The van der Waals surface area contributed by atoms with Crippen LogP contribution < -0.4 is 5.32 Å². The van der Waals surface area contributed by atoms with E-state index in [2.05, 4.69) is 19.2 Å². The molecule has 110 valence electrons. The molecule has 1 saturated carbocycles. The monoisotopic (exact) mass is 270 g/mol. The molecule has 0 saturated heterocycles. The number of nitrogens with one attached hydrogen (secondary N) is 1. The number of carbonyl (C=O) groups is 2. The van der Waals surface area contributed by atoms with Gasteiger partial charge in [0.25, 0.3) is 0 Å². The van der Waals surface area contributed by atoms with Gasteiger partial charge in [-0.2, -0.15) is 0 Å². The number of urea groups is 1. The molecule has 2 amide bonds. The van der Waals surface area contributed by atoms with Gasteiger partial charge < -0.3 is 15.3 Å². The molecule has 0 heterocycles. The lowest BCUT2D eigenvalue weighted by Crippen LogP contribution is -2.44. The summed E-state index contributed by atoms with van der Waals surface area (Å²) in [5.74, 6) is -0.117. The summed E-state index contributed by atoms with van der Waals surface area (Å²) in [6, 6.07) is 0.412. The molecule has 1 atom stereocenters. The van der Waals surface area contributed by atoms with Gasteiger partial charge in [-0.1, -0.05) is 20.8 Å². The molecule has 1 fully saturated rings. The predicted octanol–water partition coefficient (Wildman–Crippen LogP) is 2.32. The van der Waals surface area contributed by atoms with Crippen molar-refractivity contribution in [2.24, 2.45) is 11.8 Å². The fourth-order valence-electron chi connectivity index (χ4n) is 2.01. The Bertz CT molecular complexity index is 314. The lowest BCUT2D eigenvalue weighted by Gasteiger charge is -2.25. The van der Waals surface area contributed by atoms with Gasteiger partial charge in [0, 0.05) is 25.6 Å². The SMILES string of the molecule is CC(C)CN(C(=O)NCC(C)CCC(=O)O)C1CC1. The highest BCUT2D eigenvalue weighted by Crippen LogP contribution is 2.27. The highest BCUT2D eigenvalue weighted by Gasteiger charge is 2.32. The van der Waals surface area contributed by atoms with Crippen molar-refractivity contribution < 1.29 is 14.7 Å². The molecule has 0 spiro atoms. The van der Waals surface area contributed by atoms with Gasteiger partial charge in [0.05, 0.1) is 0 Å². The van der Waals surface area contributed by atoms with Gasteiger partial charge in [-0.25, -0.2) is 4.79 Å². The van der Waals surface area contributed by atoms with Crippen LogP contribution in [0.25, 0.3) is 0 Å². The third-order valence-corrected chi connectivity index (χ3v) is 3.26. The van der Waals surface area contributed by atoms with E-state index < -0.39 is 5.97 Å². The topological polar surface area (TPSA) is 69.6 Å². The molecule has 5 heteroatoms. The normalized spacial score (nSPS) is 16.2. The van der Waals surface area contributed by atoms with E-state index in [0.29, 0.717) is 24.9 Å². The number of hydrogen-bond acceptors (Lipinski definition) is 2. The van der Waals surface area contributed by atoms with Crippen LogP contribution in [0.15, 0.2) is 0 Å². The first-order valence-electron chi connectivity index (χ1n) is 7.16. The minimum atomic E-state index is -0.780. The molecule has 5 nitrogen and oxygen atoms in total. The summed E-state index contributed by atoms with van der Waals surface area (Å²) >= 11 is 0. The fraction of sp³-hybridized carbons (Fsp3) is 0.857. The van der Waals surface area contributed by atoms with Crippen molar-refractivity contribution in [2.75, 3.05) is 13.1 Å². The van der Waals surface area contributed by atoms with E-state index in [1.807, 2.05) is 11.8 Å². The van der Waals surface area contributed by atoms with Gasteiger partial charge in [0.2, 0.25) is 0 Å². The van der Waals surface area contributed by atoms with Crippen LogP contribution in [-0.4, -0.2) is 41.1 Å². The van der Waals surface area contributed by atoms with Crippen LogP contribution in [0.1, 0.15) is 46.5 Å². The van der Waals surface area contributed by atoms with Crippen LogP contribution in [-0.2, 0) is 4.79 Å². The molecule has 0 aromatic heterocycles. The first-order valence-corrected chi connectivity index (χ1v) is 7.16. The lowest BCUT2D eigenvalue weighted by atomic mass is 10.1. The Morgan fingerprint density at radius 1 is 1.32 bits per heavy atom. The molecule has 1 aliphatic carbocycles. The first kappa shape index (κ1) is 15.8. The molecule has 1 unspecified atom stereocenters. The van der Waals surface area contributed by atoms with Gasteiger partial charge in [0.1, 0.15) is 0 Å². The minimum Gasteiger partial charge on any atom is -0.481 e. The molecular weight excluding hydrogens is 244 g/mol. The van der Waals surface area contributed by atoms with E-state index in [1.54, 1.807) is 0 Å². The second-order valence-corrected chi connectivity index (χ2v) is 6.00.